The number of amides is 2. The highest BCUT2D eigenvalue weighted by molar-refractivity contribution is 9.10. The number of halogens is 1. The second-order valence-corrected chi connectivity index (χ2v) is 14.8. The van der Waals surface area contributed by atoms with Crippen LogP contribution < -0.4 is 0 Å². The van der Waals surface area contributed by atoms with E-state index in [1.807, 2.05) is 67.5 Å². The Morgan fingerprint density at radius 2 is 1.20 bits per heavy atom. The number of Topliss-reactive ketones (excluding diaryl/α,β-unsaturated/α-hetero) is 1. The molecule has 5 atom stereocenters. The highest BCUT2D eigenvalue weighted by atomic mass is 79.9. The van der Waals surface area contributed by atoms with E-state index >= 15 is 0 Å². The largest absolute Gasteiger partial charge is 0.454 e. The van der Waals surface area contributed by atoms with Gasteiger partial charge in [-0.1, -0.05) is 137 Å². The molecule has 0 aromatic heterocycles. The third kappa shape index (κ3) is 30.8. The number of nitrogens with zero attached hydrogens (tertiary/aromatic N) is 2. The Morgan fingerprint density at radius 1 is 0.745 bits per heavy atom. The molecule has 322 valence electrons. The van der Waals surface area contributed by atoms with E-state index < -0.39 is 24.2 Å². The molecule has 10 nitrogen and oxygen atoms in total. The monoisotopic (exact) mass is 845 g/mol. The zero-order valence-electron chi connectivity index (χ0n) is 38.4. The lowest BCUT2D eigenvalue weighted by atomic mass is 9.84. The van der Waals surface area contributed by atoms with E-state index in [2.05, 4.69) is 62.7 Å². The summed E-state index contributed by atoms with van der Waals surface area (Å²) in [5.41, 5.74) is 1.30. The SMILES string of the molecule is CC.CC.CC.CC(=O)C(C)OC(=O)C(C)C.CCC(C)C(CC(C)C)C(=O)N(C)CC(=O)N(C)C(CC(C)C)C(=O)OC(C)C=O.Cc1ccc(Br)cc1. The zero-order chi connectivity index (χ0) is 44.6. The molecule has 5 unspecified atom stereocenters. The Balaban J connectivity index is -0.000000269. The molecule has 0 spiro atoms. The molecule has 0 radical (unpaired) electrons. The third-order valence-corrected chi connectivity index (χ3v) is 8.32. The van der Waals surface area contributed by atoms with Crippen LogP contribution in [-0.2, 0) is 38.2 Å². The fourth-order valence-corrected chi connectivity index (χ4v) is 4.56. The third-order valence-electron chi connectivity index (χ3n) is 7.79. The average molecular weight is 846 g/mol. The van der Waals surface area contributed by atoms with Crippen molar-refractivity contribution in [3.8, 4) is 0 Å². The minimum absolute atomic E-state index is 0.0441. The highest BCUT2D eigenvalue weighted by Crippen LogP contribution is 2.25. The normalized spacial score (nSPS) is 12.6. The van der Waals surface area contributed by atoms with E-state index in [0.717, 1.165) is 17.3 Å². The highest BCUT2D eigenvalue weighted by Gasteiger charge is 2.33. The van der Waals surface area contributed by atoms with Crippen LogP contribution in [0.1, 0.15) is 143 Å². The number of aryl methyl sites for hydroxylation is 1. The van der Waals surface area contributed by atoms with Gasteiger partial charge >= 0.3 is 11.9 Å². The van der Waals surface area contributed by atoms with Gasteiger partial charge in [-0.2, -0.15) is 0 Å². The minimum Gasteiger partial charge on any atom is -0.454 e. The summed E-state index contributed by atoms with van der Waals surface area (Å²) in [5.74, 6) is -0.994. The molecule has 11 heteroatoms. The molecule has 1 rings (SSSR count). The Kier molecular flexibility index (Phi) is 40.6. The molecule has 0 saturated carbocycles. The number of hydrogen-bond acceptors (Lipinski definition) is 8. The predicted octanol–water partition coefficient (Wildman–Crippen LogP) is 10.2. The lowest BCUT2D eigenvalue weighted by Crippen LogP contribution is -2.49. The molecule has 0 fully saturated rings. The van der Waals surface area contributed by atoms with Crippen LogP contribution in [0.4, 0.5) is 0 Å². The number of ketones is 1. The van der Waals surface area contributed by atoms with Crippen LogP contribution in [-0.4, -0.2) is 84.5 Å². The molecule has 2 amide bonds. The predicted molar refractivity (Wildman–Crippen MR) is 232 cm³/mol. The Morgan fingerprint density at radius 3 is 1.55 bits per heavy atom. The molecule has 0 heterocycles. The van der Waals surface area contributed by atoms with Gasteiger partial charge in [0.05, 0.1) is 12.5 Å². The van der Waals surface area contributed by atoms with Gasteiger partial charge in [-0.15, -0.1) is 0 Å². The summed E-state index contributed by atoms with van der Waals surface area (Å²) in [4.78, 5) is 73.6. The second kappa shape index (κ2) is 36.6. The van der Waals surface area contributed by atoms with Gasteiger partial charge in [-0.25, -0.2) is 4.79 Å². The first-order valence-corrected chi connectivity index (χ1v) is 21.0. The van der Waals surface area contributed by atoms with Gasteiger partial charge < -0.3 is 19.3 Å². The van der Waals surface area contributed by atoms with Gasteiger partial charge in [0.1, 0.15) is 6.04 Å². The number of aldehydes is 1. The van der Waals surface area contributed by atoms with E-state index in [1.165, 1.54) is 29.2 Å². The summed E-state index contributed by atoms with van der Waals surface area (Å²) in [6, 6.07) is 7.42. The molecule has 0 aliphatic heterocycles. The molecule has 55 heavy (non-hydrogen) atoms. The van der Waals surface area contributed by atoms with Crippen LogP contribution in [0.5, 0.6) is 0 Å². The molecule has 0 saturated heterocycles. The van der Waals surface area contributed by atoms with E-state index in [9.17, 15) is 28.8 Å². The van der Waals surface area contributed by atoms with Crippen molar-refractivity contribution >= 4 is 51.8 Å². The lowest BCUT2D eigenvalue weighted by molar-refractivity contribution is -0.160. The maximum Gasteiger partial charge on any atom is 0.329 e. The quantitative estimate of drug-likeness (QED) is 0.119. The number of rotatable bonds is 16. The molecular weight excluding hydrogens is 764 g/mol. The number of likely N-dealkylation sites (N-methyl/N-ethyl adjacent to an activating group) is 2. The maximum atomic E-state index is 13.0. The van der Waals surface area contributed by atoms with Crippen LogP contribution >= 0.6 is 15.9 Å². The van der Waals surface area contributed by atoms with Crippen molar-refractivity contribution in [3.05, 3.63) is 34.3 Å². The Bertz CT molecular complexity index is 1150. The smallest absolute Gasteiger partial charge is 0.329 e. The number of esters is 2. The van der Waals surface area contributed by atoms with Crippen molar-refractivity contribution in [1.29, 1.82) is 0 Å². The standard InChI is InChI=1S/C23H42N2O5.C8H14O3.C7H7Br.3C2H6/c1-10-17(6)19(11-15(2)3)22(28)24(8)13-21(27)25(9)20(12-16(4)5)23(29)30-18(7)14-26;1-5(2)8(10)11-7(4)6(3)9;1-6-2-4-7(8)5-3-6;3*1-2/h14-20H,10-13H2,1-9H3;5,7H,1-4H3;2-5H,1H3;3*1-2H3. The van der Waals surface area contributed by atoms with Gasteiger partial charge in [-0.3, -0.25) is 24.0 Å². The van der Waals surface area contributed by atoms with Gasteiger partial charge in [-0.05, 0) is 70.4 Å². The molecular formula is C44H81BrN2O8. The first-order chi connectivity index (χ1) is 25.6. The summed E-state index contributed by atoms with van der Waals surface area (Å²) < 4.78 is 11.1. The van der Waals surface area contributed by atoms with Crippen LogP contribution in [0, 0.1) is 36.5 Å². The zero-order valence-corrected chi connectivity index (χ0v) is 40.0. The summed E-state index contributed by atoms with van der Waals surface area (Å²) in [5, 5.41) is 0. The Hall–Kier alpha value is -3.08. The van der Waals surface area contributed by atoms with Crippen molar-refractivity contribution in [2.75, 3.05) is 20.6 Å². The van der Waals surface area contributed by atoms with Crippen LogP contribution in [0.2, 0.25) is 0 Å². The molecule has 0 bridgehead atoms. The lowest BCUT2D eigenvalue weighted by Gasteiger charge is -2.32. The summed E-state index contributed by atoms with van der Waals surface area (Å²) in [7, 11) is 3.18. The summed E-state index contributed by atoms with van der Waals surface area (Å²) in [6.07, 6.45) is 1.14. The second-order valence-electron chi connectivity index (χ2n) is 13.9. The van der Waals surface area contributed by atoms with Gasteiger partial charge in [0.15, 0.2) is 24.3 Å². The molecule has 1 aromatic rings. The number of carbonyl (C=O) groups excluding carboxylic acids is 6. The van der Waals surface area contributed by atoms with E-state index in [1.54, 1.807) is 34.9 Å². The van der Waals surface area contributed by atoms with Crippen molar-refractivity contribution in [2.24, 2.45) is 29.6 Å². The van der Waals surface area contributed by atoms with Crippen LogP contribution in [0.15, 0.2) is 28.7 Å². The molecule has 0 N–H and O–H groups in total. The maximum absolute atomic E-state index is 13.0. The summed E-state index contributed by atoms with van der Waals surface area (Å²) >= 11 is 3.35. The fraction of sp³-hybridized carbons (Fsp3) is 0.727. The number of ether oxygens (including phenoxy) is 2. The first-order valence-electron chi connectivity index (χ1n) is 20.2. The summed E-state index contributed by atoms with van der Waals surface area (Å²) in [6.45, 7) is 34.1. The van der Waals surface area contributed by atoms with Crippen molar-refractivity contribution < 1.29 is 38.2 Å². The molecule has 1 aromatic carbocycles. The van der Waals surface area contributed by atoms with Gasteiger partial charge in [0.2, 0.25) is 11.8 Å². The van der Waals surface area contributed by atoms with Gasteiger partial charge in [0, 0.05) is 24.5 Å². The topological polar surface area (TPSA) is 127 Å². The van der Waals surface area contributed by atoms with E-state index in [-0.39, 0.29) is 53.8 Å². The van der Waals surface area contributed by atoms with Gasteiger partial charge in [0.25, 0.3) is 0 Å². The van der Waals surface area contributed by atoms with E-state index in [0.29, 0.717) is 18.6 Å². The van der Waals surface area contributed by atoms with Crippen molar-refractivity contribution in [2.45, 2.75) is 162 Å². The molecule has 0 aliphatic carbocycles. The fourth-order valence-electron chi connectivity index (χ4n) is 4.29. The van der Waals surface area contributed by atoms with Crippen molar-refractivity contribution in [3.63, 3.8) is 0 Å². The Labute approximate surface area is 345 Å². The van der Waals surface area contributed by atoms with Crippen LogP contribution in [0.3, 0.4) is 0 Å². The average Bonchev–Trinajstić information content (AvgIpc) is 3.15. The molecule has 0 aliphatic rings. The van der Waals surface area contributed by atoms with E-state index in [4.69, 9.17) is 9.47 Å². The first kappa shape index (κ1) is 61.1. The van der Waals surface area contributed by atoms with Crippen LogP contribution in [0.25, 0.3) is 0 Å². The number of benzene rings is 1. The number of carbonyl (C=O) groups is 6. The number of hydrogen-bond donors (Lipinski definition) is 0. The van der Waals surface area contributed by atoms with Crippen molar-refractivity contribution in [1.82, 2.24) is 9.80 Å². The minimum atomic E-state index is -0.868.